The largest absolute Gasteiger partial charge is 0.395 e. The van der Waals surface area contributed by atoms with Crippen molar-refractivity contribution in [1.29, 1.82) is 0 Å². The number of anilines is 2. The van der Waals surface area contributed by atoms with Gasteiger partial charge in [-0.1, -0.05) is 18.2 Å². The molecule has 0 unspecified atom stereocenters. The number of hydrogen-bond donors (Lipinski definition) is 3. The molecule has 0 saturated carbocycles. The molecule has 0 aliphatic carbocycles. The van der Waals surface area contributed by atoms with Gasteiger partial charge in [-0.3, -0.25) is 4.98 Å². The van der Waals surface area contributed by atoms with E-state index in [1.165, 1.54) is 0 Å². The quantitative estimate of drug-likeness (QED) is 0.592. The van der Waals surface area contributed by atoms with Crippen LogP contribution in [0, 0.1) is 0 Å². The molecule has 27 heavy (non-hydrogen) atoms. The summed E-state index contributed by atoms with van der Waals surface area (Å²) in [5.74, 6) is 1.55. The first-order chi connectivity index (χ1) is 13.3. The molecule has 7 nitrogen and oxygen atoms in total. The molecule has 140 valence electrons. The van der Waals surface area contributed by atoms with Crippen LogP contribution < -0.4 is 10.6 Å². The minimum absolute atomic E-state index is 0.0334. The van der Waals surface area contributed by atoms with Crippen molar-refractivity contribution in [2.24, 2.45) is 0 Å². The molecule has 1 saturated heterocycles. The van der Waals surface area contributed by atoms with Crippen molar-refractivity contribution < 1.29 is 9.84 Å². The molecule has 1 atom stereocenters. The number of para-hydroxylation sites is 1. The Bertz CT molecular complexity index is 912. The van der Waals surface area contributed by atoms with Crippen LogP contribution in [0.5, 0.6) is 0 Å². The maximum atomic E-state index is 9.06. The molecule has 1 aliphatic heterocycles. The minimum Gasteiger partial charge on any atom is -0.395 e. The van der Waals surface area contributed by atoms with Gasteiger partial charge in [-0.15, -0.1) is 0 Å². The SMILES string of the molecule is OCCNc1nc(NCc2cnc3ccccc3c2)cc([C@@H]2CCOC2)n1. The molecule has 0 spiro atoms. The van der Waals surface area contributed by atoms with Gasteiger partial charge >= 0.3 is 0 Å². The predicted molar refractivity (Wildman–Crippen MR) is 105 cm³/mol. The fourth-order valence-electron chi connectivity index (χ4n) is 3.19. The van der Waals surface area contributed by atoms with E-state index in [1.54, 1.807) is 0 Å². The number of nitrogens with zero attached hydrogens (tertiary/aromatic N) is 3. The predicted octanol–water partition coefficient (Wildman–Crippen LogP) is 2.55. The Labute approximate surface area is 157 Å². The van der Waals surface area contributed by atoms with Crippen LogP contribution in [0.25, 0.3) is 10.9 Å². The molecule has 3 aromatic rings. The summed E-state index contributed by atoms with van der Waals surface area (Å²) < 4.78 is 5.49. The molecular weight excluding hydrogens is 342 g/mol. The maximum absolute atomic E-state index is 9.06. The number of hydrogen-bond acceptors (Lipinski definition) is 7. The summed E-state index contributed by atoms with van der Waals surface area (Å²) in [5, 5.41) is 16.6. The third kappa shape index (κ3) is 4.32. The van der Waals surface area contributed by atoms with Gasteiger partial charge in [0.25, 0.3) is 0 Å². The van der Waals surface area contributed by atoms with Gasteiger partial charge < -0.3 is 20.5 Å². The molecule has 0 bridgehead atoms. The van der Waals surface area contributed by atoms with Crippen LogP contribution in [0.4, 0.5) is 11.8 Å². The Morgan fingerprint density at radius 1 is 1.15 bits per heavy atom. The zero-order chi connectivity index (χ0) is 18.5. The molecule has 0 radical (unpaired) electrons. The van der Waals surface area contributed by atoms with Gasteiger partial charge in [-0.2, -0.15) is 4.98 Å². The molecule has 7 heteroatoms. The van der Waals surface area contributed by atoms with E-state index in [0.29, 0.717) is 25.6 Å². The normalized spacial score (nSPS) is 16.6. The standard InChI is InChI=1S/C20H23N5O2/c26-7-6-21-20-24-18(16-5-8-27-13-16)10-19(25-20)23-12-14-9-15-3-1-2-4-17(15)22-11-14/h1-4,9-11,16,26H,5-8,12-13H2,(H2,21,23,24,25)/t16-/m1/s1. The second kappa shape index (κ2) is 8.28. The zero-order valence-electron chi connectivity index (χ0n) is 15.1. The van der Waals surface area contributed by atoms with E-state index in [2.05, 4.69) is 37.7 Å². The van der Waals surface area contributed by atoms with Crippen LogP contribution in [-0.2, 0) is 11.3 Å². The average molecular weight is 365 g/mol. The Kier molecular flexibility index (Phi) is 5.41. The van der Waals surface area contributed by atoms with Gasteiger partial charge in [0.2, 0.25) is 5.95 Å². The summed E-state index contributed by atoms with van der Waals surface area (Å²) in [6.45, 7) is 2.52. The Hall–Kier alpha value is -2.77. The van der Waals surface area contributed by atoms with Crippen LogP contribution in [0.15, 0.2) is 42.6 Å². The van der Waals surface area contributed by atoms with Crippen molar-refractivity contribution in [2.45, 2.75) is 18.9 Å². The number of fused-ring (bicyclic) bond motifs is 1. The number of pyridine rings is 1. The van der Waals surface area contributed by atoms with Crippen molar-refractivity contribution in [2.75, 3.05) is 37.0 Å². The highest BCUT2D eigenvalue weighted by Gasteiger charge is 2.20. The first kappa shape index (κ1) is 17.6. The molecule has 2 aromatic heterocycles. The highest BCUT2D eigenvalue weighted by Crippen LogP contribution is 2.26. The maximum Gasteiger partial charge on any atom is 0.224 e. The first-order valence-electron chi connectivity index (χ1n) is 9.21. The summed E-state index contributed by atoms with van der Waals surface area (Å²) in [4.78, 5) is 13.6. The number of nitrogens with one attached hydrogen (secondary N) is 2. The number of benzene rings is 1. The van der Waals surface area contributed by atoms with Crippen LogP contribution in [0.3, 0.4) is 0 Å². The van der Waals surface area contributed by atoms with Crippen molar-refractivity contribution in [3.63, 3.8) is 0 Å². The van der Waals surface area contributed by atoms with Crippen molar-refractivity contribution in [1.82, 2.24) is 15.0 Å². The van der Waals surface area contributed by atoms with Gasteiger partial charge in [0.05, 0.1) is 24.4 Å². The van der Waals surface area contributed by atoms with Gasteiger partial charge in [0, 0.05) is 43.3 Å². The molecule has 3 heterocycles. The highest BCUT2D eigenvalue weighted by atomic mass is 16.5. The molecule has 4 rings (SSSR count). The zero-order valence-corrected chi connectivity index (χ0v) is 15.1. The fourth-order valence-corrected chi connectivity index (χ4v) is 3.19. The number of aliphatic hydroxyl groups is 1. The van der Waals surface area contributed by atoms with E-state index in [9.17, 15) is 0 Å². The van der Waals surface area contributed by atoms with Crippen LogP contribution in [0.1, 0.15) is 23.6 Å². The third-order valence-corrected chi connectivity index (χ3v) is 4.61. The topological polar surface area (TPSA) is 92.2 Å². The van der Waals surface area contributed by atoms with Crippen molar-refractivity contribution in [3.8, 4) is 0 Å². The monoisotopic (exact) mass is 365 g/mol. The summed E-state index contributed by atoms with van der Waals surface area (Å²) in [5.41, 5.74) is 3.03. The van der Waals surface area contributed by atoms with Gasteiger partial charge in [-0.25, -0.2) is 4.98 Å². The summed E-state index contributed by atoms with van der Waals surface area (Å²) in [6.07, 6.45) is 2.84. The number of rotatable bonds is 7. The fraction of sp³-hybridized carbons (Fsp3) is 0.350. The van der Waals surface area contributed by atoms with Gasteiger partial charge in [0.15, 0.2) is 0 Å². The van der Waals surface area contributed by atoms with E-state index in [4.69, 9.17) is 9.84 Å². The number of ether oxygens (including phenoxy) is 1. The number of aromatic nitrogens is 3. The summed E-state index contributed by atoms with van der Waals surface area (Å²) in [6, 6.07) is 12.2. The van der Waals surface area contributed by atoms with E-state index in [0.717, 1.165) is 41.0 Å². The summed E-state index contributed by atoms with van der Waals surface area (Å²) in [7, 11) is 0. The molecular formula is C20H23N5O2. The lowest BCUT2D eigenvalue weighted by molar-refractivity contribution is 0.193. The van der Waals surface area contributed by atoms with Crippen LogP contribution >= 0.6 is 0 Å². The van der Waals surface area contributed by atoms with Crippen LogP contribution in [0.2, 0.25) is 0 Å². The lowest BCUT2D eigenvalue weighted by Gasteiger charge is -2.13. The highest BCUT2D eigenvalue weighted by molar-refractivity contribution is 5.78. The minimum atomic E-state index is 0.0334. The second-order valence-electron chi connectivity index (χ2n) is 6.60. The lowest BCUT2D eigenvalue weighted by Crippen LogP contribution is -2.13. The van der Waals surface area contributed by atoms with Crippen LogP contribution in [-0.4, -0.2) is 46.4 Å². The van der Waals surface area contributed by atoms with Gasteiger partial charge in [0.1, 0.15) is 5.82 Å². The molecule has 1 aromatic carbocycles. The molecule has 3 N–H and O–H groups in total. The van der Waals surface area contributed by atoms with Crippen molar-refractivity contribution in [3.05, 3.63) is 53.9 Å². The number of aliphatic hydroxyl groups excluding tert-OH is 1. The second-order valence-corrected chi connectivity index (χ2v) is 6.60. The van der Waals surface area contributed by atoms with Gasteiger partial charge in [-0.05, 0) is 24.1 Å². The molecule has 1 aliphatic rings. The molecule has 1 fully saturated rings. The van der Waals surface area contributed by atoms with E-state index < -0.39 is 0 Å². The van der Waals surface area contributed by atoms with E-state index in [1.807, 2.05) is 30.5 Å². The summed E-state index contributed by atoms with van der Waals surface area (Å²) >= 11 is 0. The van der Waals surface area contributed by atoms with E-state index in [-0.39, 0.29) is 12.5 Å². The Morgan fingerprint density at radius 2 is 2.07 bits per heavy atom. The smallest absolute Gasteiger partial charge is 0.224 e. The third-order valence-electron chi connectivity index (χ3n) is 4.61. The Balaban J connectivity index is 1.52. The Morgan fingerprint density at radius 3 is 2.93 bits per heavy atom. The average Bonchev–Trinajstić information content (AvgIpc) is 3.25. The first-order valence-corrected chi connectivity index (χ1v) is 9.21. The molecule has 0 amide bonds. The lowest BCUT2D eigenvalue weighted by atomic mass is 10.0. The van der Waals surface area contributed by atoms with E-state index >= 15 is 0 Å². The van der Waals surface area contributed by atoms with Crippen molar-refractivity contribution >= 4 is 22.7 Å².